The van der Waals surface area contributed by atoms with E-state index in [1.54, 1.807) is 6.26 Å². The van der Waals surface area contributed by atoms with Gasteiger partial charge in [-0.25, -0.2) is 0 Å². The van der Waals surface area contributed by atoms with E-state index in [1.807, 2.05) is 54.6 Å². The number of nitrogens with one attached hydrogen (secondary N) is 1. The lowest BCUT2D eigenvalue weighted by Crippen LogP contribution is -2.14. The van der Waals surface area contributed by atoms with Gasteiger partial charge in [-0.05, 0) is 23.8 Å². The summed E-state index contributed by atoms with van der Waals surface area (Å²) in [5, 5.41) is 3.42. The summed E-state index contributed by atoms with van der Waals surface area (Å²) >= 11 is 0. The minimum absolute atomic E-state index is 0. The van der Waals surface area contributed by atoms with Gasteiger partial charge in [-0.3, -0.25) is 0 Å². The van der Waals surface area contributed by atoms with E-state index >= 15 is 0 Å². The van der Waals surface area contributed by atoms with Gasteiger partial charge in [0, 0.05) is 11.4 Å². The van der Waals surface area contributed by atoms with Crippen LogP contribution >= 0.6 is 12.4 Å². The molecule has 5 heteroatoms. The minimum atomic E-state index is -0.0968. The quantitative estimate of drug-likeness (QED) is 0.846. The molecule has 0 aromatic heterocycles. The van der Waals surface area contributed by atoms with Crippen molar-refractivity contribution in [3.63, 3.8) is 0 Å². The van der Waals surface area contributed by atoms with Gasteiger partial charge in [0.2, 0.25) is 6.79 Å². The molecule has 0 aliphatic carbocycles. The number of hydrogen-bond acceptors (Lipinski definition) is 4. The Morgan fingerprint density at radius 3 is 2.52 bits per heavy atom. The number of rotatable bonds is 4. The van der Waals surface area contributed by atoms with Crippen molar-refractivity contribution in [3.8, 4) is 0 Å². The molecule has 1 aliphatic rings. The number of nitrogen functional groups attached to an aromatic ring is 1. The lowest BCUT2D eigenvalue weighted by Gasteiger charge is -2.20. The zero-order valence-corrected chi connectivity index (χ0v) is 12.2. The average molecular weight is 305 g/mol. The van der Waals surface area contributed by atoms with Crippen molar-refractivity contribution in [1.82, 2.24) is 0 Å². The number of hydrogen-bond donors (Lipinski definition) is 2. The third kappa shape index (κ3) is 3.61. The smallest absolute Gasteiger partial charge is 0.229 e. The molecule has 0 amide bonds. The molecule has 2 aromatic rings. The van der Waals surface area contributed by atoms with E-state index in [4.69, 9.17) is 15.2 Å². The van der Waals surface area contributed by atoms with Gasteiger partial charge in [0.15, 0.2) is 5.76 Å². The highest BCUT2D eigenvalue weighted by atomic mass is 35.5. The van der Waals surface area contributed by atoms with Crippen molar-refractivity contribution in [2.75, 3.05) is 17.8 Å². The molecule has 1 unspecified atom stereocenters. The van der Waals surface area contributed by atoms with Crippen LogP contribution in [0.25, 0.3) is 0 Å². The fourth-order valence-electron chi connectivity index (χ4n) is 2.16. The maximum atomic E-state index is 5.82. The van der Waals surface area contributed by atoms with Crippen molar-refractivity contribution >= 4 is 23.8 Å². The Morgan fingerprint density at radius 1 is 1.05 bits per heavy atom. The average Bonchev–Trinajstić information content (AvgIpc) is 3.00. The molecule has 3 rings (SSSR count). The summed E-state index contributed by atoms with van der Waals surface area (Å²) in [6.45, 7) is 0.261. The van der Waals surface area contributed by atoms with E-state index in [9.17, 15) is 0 Å². The molecule has 0 spiro atoms. The Morgan fingerprint density at radius 2 is 1.86 bits per heavy atom. The summed E-state index contributed by atoms with van der Waals surface area (Å²) in [7, 11) is 0. The lowest BCUT2D eigenvalue weighted by atomic mass is 10.0. The molecule has 0 saturated carbocycles. The summed E-state index contributed by atoms with van der Waals surface area (Å²) in [6.07, 6.45) is 1.65. The van der Waals surface area contributed by atoms with E-state index in [-0.39, 0.29) is 25.2 Å². The van der Waals surface area contributed by atoms with Crippen LogP contribution in [-0.2, 0) is 9.47 Å². The Hall–Kier alpha value is -2.33. The minimum Gasteiger partial charge on any atom is -0.462 e. The van der Waals surface area contributed by atoms with Crippen LogP contribution in [0.15, 0.2) is 66.6 Å². The molecule has 1 atom stereocenters. The van der Waals surface area contributed by atoms with Gasteiger partial charge in [-0.15, -0.1) is 12.4 Å². The van der Waals surface area contributed by atoms with Crippen LogP contribution in [0.1, 0.15) is 11.6 Å². The van der Waals surface area contributed by atoms with Gasteiger partial charge in [0.1, 0.15) is 12.3 Å². The zero-order valence-electron chi connectivity index (χ0n) is 11.4. The maximum Gasteiger partial charge on any atom is 0.229 e. The fourth-order valence-corrected chi connectivity index (χ4v) is 2.16. The van der Waals surface area contributed by atoms with Crippen LogP contribution in [0.3, 0.4) is 0 Å². The zero-order chi connectivity index (χ0) is 13.8. The fraction of sp³-hybridized carbons (Fsp3) is 0.125. The highest BCUT2D eigenvalue weighted by Gasteiger charge is 2.21. The van der Waals surface area contributed by atoms with Gasteiger partial charge in [0.05, 0.1) is 0 Å². The van der Waals surface area contributed by atoms with Crippen molar-refractivity contribution in [3.05, 3.63) is 72.2 Å². The molecule has 0 bridgehead atoms. The van der Waals surface area contributed by atoms with Crippen molar-refractivity contribution < 1.29 is 9.47 Å². The van der Waals surface area contributed by atoms with Crippen molar-refractivity contribution in [1.29, 1.82) is 0 Å². The predicted octanol–water partition coefficient (Wildman–Crippen LogP) is 3.69. The van der Waals surface area contributed by atoms with E-state index in [0.29, 0.717) is 0 Å². The highest BCUT2D eigenvalue weighted by molar-refractivity contribution is 5.85. The molecule has 0 fully saturated rings. The van der Waals surface area contributed by atoms with E-state index in [0.717, 1.165) is 22.7 Å². The molecule has 110 valence electrons. The molecule has 1 aliphatic heterocycles. The van der Waals surface area contributed by atoms with Crippen LogP contribution < -0.4 is 11.1 Å². The van der Waals surface area contributed by atoms with Gasteiger partial charge in [0.25, 0.3) is 0 Å². The number of benzene rings is 2. The van der Waals surface area contributed by atoms with Gasteiger partial charge in [-0.2, -0.15) is 0 Å². The lowest BCUT2D eigenvalue weighted by molar-refractivity contribution is 0.0764. The predicted molar refractivity (Wildman–Crippen MR) is 86.0 cm³/mol. The topological polar surface area (TPSA) is 56.5 Å². The van der Waals surface area contributed by atoms with Crippen LogP contribution in [-0.4, -0.2) is 6.79 Å². The summed E-state index contributed by atoms with van der Waals surface area (Å²) in [5.41, 5.74) is 8.58. The second-order valence-electron chi connectivity index (χ2n) is 4.56. The van der Waals surface area contributed by atoms with Crippen LogP contribution in [0, 0.1) is 0 Å². The van der Waals surface area contributed by atoms with Gasteiger partial charge < -0.3 is 20.5 Å². The van der Waals surface area contributed by atoms with Crippen LogP contribution in [0.2, 0.25) is 0 Å². The summed E-state index contributed by atoms with van der Waals surface area (Å²) in [6, 6.07) is 17.6. The summed E-state index contributed by atoms with van der Waals surface area (Å²) < 4.78 is 10.7. The Labute approximate surface area is 130 Å². The Bertz CT molecular complexity index is 617. The molecule has 2 aromatic carbocycles. The van der Waals surface area contributed by atoms with Crippen LogP contribution in [0.5, 0.6) is 0 Å². The molecule has 3 N–H and O–H groups in total. The normalized spacial score (nSPS) is 14.2. The molecule has 0 saturated heterocycles. The first kappa shape index (κ1) is 15.1. The second-order valence-corrected chi connectivity index (χ2v) is 4.56. The third-order valence-electron chi connectivity index (χ3n) is 3.11. The molecule has 4 nitrogen and oxygen atoms in total. The number of nitrogens with two attached hydrogens (primary N) is 1. The Balaban J connectivity index is 0.00000161. The molecular formula is C16H17ClN2O2. The van der Waals surface area contributed by atoms with Crippen molar-refractivity contribution in [2.45, 2.75) is 6.04 Å². The molecule has 1 heterocycles. The van der Waals surface area contributed by atoms with E-state index < -0.39 is 0 Å². The van der Waals surface area contributed by atoms with Crippen LogP contribution in [0.4, 0.5) is 11.4 Å². The second kappa shape index (κ2) is 6.90. The number of halogens is 1. The standard InChI is InChI=1S/C16H16N2O2.ClH/c17-13-7-4-8-14(9-13)18-16(15-10-19-11-20-15)12-5-2-1-3-6-12;/h1-10,16,18H,11,17H2;1H. The first-order valence-corrected chi connectivity index (χ1v) is 6.44. The van der Waals surface area contributed by atoms with E-state index in [2.05, 4.69) is 5.32 Å². The molecular weight excluding hydrogens is 288 g/mol. The Kier molecular flexibility index (Phi) is 4.95. The summed E-state index contributed by atoms with van der Waals surface area (Å²) in [5.74, 6) is 0.763. The van der Waals surface area contributed by atoms with Gasteiger partial charge in [-0.1, -0.05) is 36.4 Å². The largest absolute Gasteiger partial charge is 0.462 e. The third-order valence-corrected chi connectivity index (χ3v) is 3.11. The van der Waals surface area contributed by atoms with Crippen molar-refractivity contribution in [2.24, 2.45) is 0 Å². The van der Waals surface area contributed by atoms with E-state index in [1.165, 1.54) is 0 Å². The number of anilines is 2. The summed E-state index contributed by atoms with van der Waals surface area (Å²) in [4.78, 5) is 0. The first-order valence-electron chi connectivity index (χ1n) is 6.44. The monoisotopic (exact) mass is 304 g/mol. The number of ether oxygens (including phenoxy) is 2. The molecule has 0 radical (unpaired) electrons. The first-order chi connectivity index (χ1) is 9.83. The molecule has 21 heavy (non-hydrogen) atoms. The van der Waals surface area contributed by atoms with Gasteiger partial charge >= 0.3 is 0 Å². The maximum absolute atomic E-state index is 5.82. The highest BCUT2D eigenvalue weighted by Crippen LogP contribution is 2.29. The SMILES string of the molecule is Cl.Nc1cccc(NC(C2=COCO2)c2ccccc2)c1.